The number of allylic oxidation sites excluding steroid dienone is 2. The molecule has 0 saturated carbocycles. The van der Waals surface area contributed by atoms with E-state index in [9.17, 15) is 0 Å². The summed E-state index contributed by atoms with van der Waals surface area (Å²) in [7, 11) is 0. The Balaban J connectivity index is 3.50. The average molecular weight is 156 g/mol. The highest BCUT2D eigenvalue weighted by Crippen LogP contribution is 2.12. The highest BCUT2D eigenvalue weighted by atomic mass is 16.3. The molecule has 2 atom stereocenters. The fourth-order valence-electron chi connectivity index (χ4n) is 1.16. The molecule has 0 fully saturated rings. The summed E-state index contributed by atoms with van der Waals surface area (Å²) in [6.45, 7) is 6.72. The molecule has 66 valence electrons. The van der Waals surface area contributed by atoms with Crippen LogP contribution in [0.15, 0.2) is 12.2 Å². The number of aliphatic hydroxyl groups is 1. The van der Waals surface area contributed by atoms with Crippen LogP contribution in [0.5, 0.6) is 0 Å². The molecule has 0 aromatic rings. The Morgan fingerprint density at radius 3 is 2.45 bits per heavy atom. The summed E-state index contributed by atoms with van der Waals surface area (Å²) in [5, 5.41) is 8.78. The molecule has 11 heavy (non-hydrogen) atoms. The number of hydrogen-bond donors (Lipinski definition) is 1. The molecule has 0 bridgehead atoms. The van der Waals surface area contributed by atoms with E-state index >= 15 is 0 Å². The van der Waals surface area contributed by atoms with Crippen molar-refractivity contribution in [2.24, 2.45) is 11.8 Å². The summed E-state index contributed by atoms with van der Waals surface area (Å²) in [4.78, 5) is 0. The van der Waals surface area contributed by atoms with Crippen LogP contribution >= 0.6 is 0 Å². The van der Waals surface area contributed by atoms with Crippen molar-refractivity contribution >= 4 is 0 Å². The number of hydrogen-bond acceptors (Lipinski definition) is 1. The van der Waals surface area contributed by atoms with E-state index in [1.807, 2.05) is 0 Å². The summed E-state index contributed by atoms with van der Waals surface area (Å²) in [6, 6.07) is 0. The summed E-state index contributed by atoms with van der Waals surface area (Å²) in [5.74, 6) is 1.05. The smallest absolute Gasteiger partial charge is 0.0456 e. The monoisotopic (exact) mass is 156 g/mol. The first kappa shape index (κ1) is 10.7. The lowest BCUT2D eigenvalue weighted by molar-refractivity contribution is 0.222. The van der Waals surface area contributed by atoms with Crippen molar-refractivity contribution in [3.63, 3.8) is 0 Å². The van der Waals surface area contributed by atoms with Gasteiger partial charge < -0.3 is 5.11 Å². The Hall–Kier alpha value is -0.300. The maximum absolute atomic E-state index is 8.78. The summed E-state index contributed by atoms with van der Waals surface area (Å²) in [5.41, 5.74) is 0. The number of aliphatic hydroxyl groups excluding tert-OH is 1. The van der Waals surface area contributed by atoms with Gasteiger partial charge in [0.1, 0.15) is 0 Å². The summed E-state index contributed by atoms with van der Waals surface area (Å²) < 4.78 is 0. The van der Waals surface area contributed by atoms with Crippen LogP contribution in [0.2, 0.25) is 0 Å². The maximum Gasteiger partial charge on any atom is 0.0456 e. The predicted octanol–water partition coefficient (Wildman–Crippen LogP) is 2.61. The zero-order valence-electron chi connectivity index (χ0n) is 7.88. The SMILES string of the molecule is CC/C=C\[C@@H](C)C[C@@H](C)CO. The highest BCUT2D eigenvalue weighted by molar-refractivity contribution is 4.85. The molecule has 1 heteroatoms. The van der Waals surface area contributed by atoms with Gasteiger partial charge in [-0.2, -0.15) is 0 Å². The molecule has 0 rings (SSSR count). The van der Waals surface area contributed by atoms with Crippen LogP contribution in [0.25, 0.3) is 0 Å². The van der Waals surface area contributed by atoms with Crippen LogP contribution in [0.3, 0.4) is 0 Å². The predicted molar refractivity (Wildman–Crippen MR) is 49.5 cm³/mol. The second-order valence-electron chi connectivity index (χ2n) is 3.34. The van der Waals surface area contributed by atoms with E-state index in [1.54, 1.807) is 0 Å². The third kappa shape index (κ3) is 6.11. The molecule has 0 radical (unpaired) electrons. The third-order valence-electron chi connectivity index (χ3n) is 1.79. The Morgan fingerprint density at radius 2 is 2.00 bits per heavy atom. The molecule has 0 saturated heterocycles. The molecule has 0 aliphatic carbocycles. The van der Waals surface area contributed by atoms with Crippen LogP contribution in [-0.2, 0) is 0 Å². The minimum Gasteiger partial charge on any atom is -0.396 e. The second kappa shape index (κ2) is 6.41. The van der Waals surface area contributed by atoms with Crippen LogP contribution in [-0.4, -0.2) is 11.7 Å². The molecule has 0 amide bonds. The molecule has 1 nitrogen and oxygen atoms in total. The quantitative estimate of drug-likeness (QED) is 0.607. The van der Waals surface area contributed by atoms with Crippen molar-refractivity contribution in [1.82, 2.24) is 0 Å². The average Bonchev–Trinajstić information content (AvgIpc) is 2.00. The van der Waals surface area contributed by atoms with Gasteiger partial charge in [0.15, 0.2) is 0 Å². The van der Waals surface area contributed by atoms with Gasteiger partial charge in [-0.15, -0.1) is 0 Å². The summed E-state index contributed by atoms with van der Waals surface area (Å²) >= 11 is 0. The number of rotatable bonds is 5. The van der Waals surface area contributed by atoms with E-state index in [0.29, 0.717) is 18.4 Å². The van der Waals surface area contributed by atoms with E-state index in [0.717, 1.165) is 12.8 Å². The maximum atomic E-state index is 8.78. The Kier molecular flexibility index (Phi) is 6.24. The Bertz CT molecular complexity index is 107. The van der Waals surface area contributed by atoms with E-state index < -0.39 is 0 Å². The van der Waals surface area contributed by atoms with Crippen molar-refractivity contribution < 1.29 is 5.11 Å². The van der Waals surface area contributed by atoms with Gasteiger partial charge in [-0.3, -0.25) is 0 Å². The molecule has 1 N–H and O–H groups in total. The minimum absolute atomic E-state index is 0.310. The highest BCUT2D eigenvalue weighted by Gasteiger charge is 2.03. The first-order chi connectivity index (χ1) is 5.20. The molecular formula is C10H20O. The van der Waals surface area contributed by atoms with Crippen molar-refractivity contribution in [3.8, 4) is 0 Å². The van der Waals surface area contributed by atoms with Gasteiger partial charge in [0, 0.05) is 6.61 Å². The molecule has 0 aromatic heterocycles. The van der Waals surface area contributed by atoms with E-state index in [-0.39, 0.29) is 0 Å². The molecule has 0 unspecified atom stereocenters. The molecule has 0 aromatic carbocycles. The molecule has 0 heterocycles. The van der Waals surface area contributed by atoms with Crippen LogP contribution in [0, 0.1) is 11.8 Å². The Labute approximate surface area is 70.1 Å². The van der Waals surface area contributed by atoms with E-state index in [4.69, 9.17) is 5.11 Å². The van der Waals surface area contributed by atoms with Gasteiger partial charge in [0.05, 0.1) is 0 Å². The van der Waals surface area contributed by atoms with Crippen molar-refractivity contribution in [2.45, 2.75) is 33.6 Å². The largest absolute Gasteiger partial charge is 0.396 e. The fourth-order valence-corrected chi connectivity index (χ4v) is 1.16. The van der Waals surface area contributed by atoms with Gasteiger partial charge in [-0.25, -0.2) is 0 Å². The van der Waals surface area contributed by atoms with Crippen molar-refractivity contribution in [3.05, 3.63) is 12.2 Å². The van der Waals surface area contributed by atoms with Crippen LogP contribution in [0.4, 0.5) is 0 Å². The van der Waals surface area contributed by atoms with Gasteiger partial charge >= 0.3 is 0 Å². The normalized spacial score (nSPS) is 17.1. The van der Waals surface area contributed by atoms with Crippen LogP contribution in [0.1, 0.15) is 33.6 Å². The van der Waals surface area contributed by atoms with Gasteiger partial charge in [-0.05, 0) is 24.7 Å². The second-order valence-corrected chi connectivity index (χ2v) is 3.34. The molecular weight excluding hydrogens is 136 g/mol. The van der Waals surface area contributed by atoms with E-state index in [2.05, 4.69) is 32.9 Å². The molecule has 0 aliphatic heterocycles. The van der Waals surface area contributed by atoms with E-state index in [1.165, 1.54) is 0 Å². The van der Waals surface area contributed by atoms with Crippen molar-refractivity contribution in [1.29, 1.82) is 0 Å². The lowest BCUT2D eigenvalue weighted by Crippen LogP contribution is -2.04. The zero-order valence-corrected chi connectivity index (χ0v) is 7.88. The minimum atomic E-state index is 0.310. The standard InChI is InChI=1S/C10H20O/c1-4-5-6-9(2)7-10(3)8-11/h5-6,9-11H,4,7-8H2,1-3H3/b6-5-/t9-,10-/m1/s1. The lowest BCUT2D eigenvalue weighted by Gasteiger charge is -2.10. The Morgan fingerprint density at radius 1 is 1.36 bits per heavy atom. The zero-order chi connectivity index (χ0) is 8.69. The topological polar surface area (TPSA) is 20.2 Å². The summed E-state index contributed by atoms with van der Waals surface area (Å²) in [6.07, 6.45) is 6.62. The molecule has 0 aliphatic rings. The van der Waals surface area contributed by atoms with Gasteiger partial charge in [0.2, 0.25) is 0 Å². The lowest BCUT2D eigenvalue weighted by atomic mass is 9.97. The first-order valence-corrected chi connectivity index (χ1v) is 4.48. The third-order valence-corrected chi connectivity index (χ3v) is 1.79. The molecule has 0 spiro atoms. The van der Waals surface area contributed by atoms with Crippen LogP contribution < -0.4 is 0 Å². The first-order valence-electron chi connectivity index (χ1n) is 4.48. The van der Waals surface area contributed by atoms with Gasteiger partial charge in [0.25, 0.3) is 0 Å². The fraction of sp³-hybridized carbons (Fsp3) is 0.800. The van der Waals surface area contributed by atoms with Gasteiger partial charge in [-0.1, -0.05) is 32.9 Å². The van der Waals surface area contributed by atoms with Crippen molar-refractivity contribution in [2.75, 3.05) is 6.61 Å².